The highest BCUT2D eigenvalue weighted by atomic mass is 16.5. The number of hydrogen-bond donors (Lipinski definition) is 2. The molecule has 2 rings (SSSR count). The zero-order valence-corrected chi connectivity index (χ0v) is 12.2. The molecule has 112 valence electrons. The summed E-state index contributed by atoms with van der Waals surface area (Å²) in [6, 6.07) is 9.09. The number of hydrogen-bond acceptors (Lipinski definition) is 5. The van der Waals surface area contributed by atoms with E-state index >= 15 is 0 Å². The van der Waals surface area contributed by atoms with Crippen molar-refractivity contribution in [2.75, 3.05) is 20.8 Å². The van der Waals surface area contributed by atoms with Gasteiger partial charge in [0.25, 0.3) is 0 Å². The summed E-state index contributed by atoms with van der Waals surface area (Å²) in [7, 11) is 3.14. The quantitative estimate of drug-likeness (QED) is 0.848. The summed E-state index contributed by atoms with van der Waals surface area (Å²) >= 11 is 0. The van der Waals surface area contributed by atoms with E-state index < -0.39 is 6.10 Å². The van der Waals surface area contributed by atoms with Crippen LogP contribution in [0.4, 0.5) is 0 Å². The van der Waals surface area contributed by atoms with Gasteiger partial charge >= 0.3 is 0 Å². The van der Waals surface area contributed by atoms with Gasteiger partial charge in [-0.1, -0.05) is 12.1 Å². The lowest BCUT2D eigenvalue weighted by molar-refractivity contribution is 0.147. The number of nitrogens with two attached hydrogens (primary N) is 1. The maximum atomic E-state index is 10.6. The average Bonchev–Trinajstić information content (AvgIpc) is 2.55. The second-order valence-corrected chi connectivity index (χ2v) is 4.69. The predicted octanol–water partition coefficient (Wildman–Crippen LogP) is 1.87. The van der Waals surface area contributed by atoms with E-state index in [0.717, 1.165) is 11.1 Å². The molecule has 21 heavy (non-hydrogen) atoms. The molecule has 1 aromatic heterocycles. The molecule has 2 unspecified atom stereocenters. The molecular weight excluding hydrogens is 268 g/mol. The molecule has 0 aliphatic carbocycles. The Morgan fingerprint density at radius 1 is 1.14 bits per heavy atom. The van der Waals surface area contributed by atoms with Crippen molar-refractivity contribution >= 4 is 0 Å². The molecule has 0 fully saturated rings. The number of methoxy groups -OCH3 is 2. The molecular formula is C16H20N2O3. The summed E-state index contributed by atoms with van der Waals surface area (Å²) in [6.07, 6.45) is 2.68. The Balaban J connectivity index is 2.31. The van der Waals surface area contributed by atoms with E-state index in [9.17, 15) is 5.11 Å². The molecule has 1 aromatic carbocycles. The van der Waals surface area contributed by atoms with E-state index in [0.29, 0.717) is 18.0 Å². The molecule has 1 heterocycles. The molecule has 5 heteroatoms. The van der Waals surface area contributed by atoms with E-state index in [1.165, 1.54) is 0 Å². The molecule has 0 aliphatic rings. The number of benzene rings is 1. The molecule has 0 aliphatic heterocycles. The van der Waals surface area contributed by atoms with Gasteiger partial charge in [-0.05, 0) is 29.3 Å². The molecule has 3 N–H and O–H groups in total. The summed E-state index contributed by atoms with van der Waals surface area (Å²) in [6.45, 7) is 0.321. The van der Waals surface area contributed by atoms with Crippen molar-refractivity contribution in [3.63, 3.8) is 0 Å². The number of rotatable bonds is 6. The monoisotopic (exact) mass is 288 g/mol. The van der Waals surface area contributed by atoms with E-state index in [1.807, 2.05) is 18.2 Å². The summed E-state index contributed by atoms with van der Waals surface area (Å²) in [5.74, 6) is 0.979. The van der Waals surface area contributed by atoms with E-state index in [1.54, 1.807) is 38.7 Å². The lowest BCUT2D eigenvalue weighted by Crippen LogP contribution is -2.20. The topological polar surface area (TPSA) is 77.6 Å². The second-order valence-electron chi connectivity index (χ2n) is 4.69. The van der Waals surface area contributed by atoms with Crippen LogP contribution in [0, 0.1) is 0 Å². The van der Waals surface area contributed by atoms with Gasteiger partial charge in [0, 0.05) is 24.9 Å². The predicted molar refractivity (Wildman–Crippen MR) is 80.5 cm³/mol. The molecule has 0 saturated heterocycles. The number of nitrogens with zero attached hydrogens (tertiary/aromatic N) is 1. The summed E-state index contributed by atoms with van der Waals surface area (Å²) < 4.78 is 10.5. The minimum Gasteiger partial charge on any atom is -0.493 e. The Hall–Kier alpha value is -2.11. The van der Waals surface area contributed by atoms with Gasteiger partial charge in [0.05, 0.1) is 20.3 Å². The number of ether oxygens (including phenoxy) is 2. The normalized spacial score (nSPS) is 13.5. The third-order valence-corrected chi connectivity index (χ3v) is 3.50. The highest BCUT2D eigenvalue weighted by molar-refractivity contribution is 5.44. The Morgan fingerprint density at radius 2 is 1.90 bits per heavy atom. The van der Waals surface area contributed by atoms with E-state index in [4.69, 9.17) is 15.2 Å². The maximum absolute atomic E-state index is 10.6. The van der Waals surface area contributed by atoms with E-state index in [2.05, 4.69) is 4.98 Å². The minimum atomic E-state index is -0.737. The first-order valence-electron chi connectivity index (χ1n) is 6.71. The van der Waals surface area contributed by atoms with Gasteiger partial charge in [0.1, 0.15) is 0 Å². The van der Waals surface area contributed by atoms with Crippen molar-refractivity contribution in [3.05, 3.63) is 53.9 Å². The maximum Gasteiger partial charge on any atom is 0.161 e. The Kier molecular flexibility index (Phi) is 5.14. The summed E-state index contributed by atoms with van der Waals surface area (Å²) in [5.41, 5.74) is 7.46. The smallest absolute Gasteiger partial charge is 0.161 e. The van der Waals surface area contributed by atoms with Crippen LogP contribution in [0.15, 0.2) is 42.7 Å². The van der Waals surface area contributed by atoms with Gasteiger partial charge < -0.3 is 20.3 Å². The van der Waals surface area contributed by atoms with Crippen LogP contribution in [0.3, 0.4) is 0 Å². The van der Waals surface area contributed by atoms with Gasteiger partial charge in [0.2, 0.25) is 0 Å². The Labute approximate surface area is 124 Å². The molecule has 0 amide bonds. The first kappa shape index (κ1) is 15.3. The van der Waals surface area contributed by atoms with Gasteiger partial charge in [-0.2, -0.15) is 0 Å². The minimum absolute atomic E-state index is 0.225. The van der Waals surface area contributed by atoms with Crippen LogP contribution in [0.5, 0.6) is 11.5 Å². The van der Waals surface area contributed by atoms with Crippen LogP contribution < -0.4 is 15.2 Å². The molecule has 0 radical (unpaired) electrons. The third-order valence-electron chi connectivity index (χ3n) is 3.50. The molecule has 0 saturated carbocycles. The van der Waals surface area contributed by atoms with Crippen molar-refractivity contribution in [2.24, 2.45) is 5.73 Å². The van der Waals surface area contributed by atoms with Gasteiger partial charge in [-0.25, -0.2) is 0 Å². The summed E-state index contributed by atoms with van der Waals surface area (Å²) in [4.78, 5) is 4.08. The fourth-order valence-corrected chi connectivity index (χ4v) is 2.31. The van der Waals surface area contributed by atoms with Crippen LogP contribution in [-0.2, 0) is 0 Å². The third kappa shape index (κ3) is 3.32. The SMILES string of the molecule is COc1ccc(C(O)C(CN)c2cccnc2)cc1OC. The second kappa shape index (κ2) is 7.06. The van der Waals surface area contributed by atoms with Crippen LogP contribution >= 0.6 is 0 Å². The fraction of sp³-hybridized carbons (Fsp3) is 0.312. The van der Waals surface area contributed by atoms with Crippen molar-refractivity contribution in [2.45, 2.75) is 12.0 Å². The highest BCUT2D eigenvalue weighted by Crippen LogP contribution is 2.35. The Bertz CT molecular complexity index is 575. The van der Waals surface area contributed by atoms with Crippen LogP contribution in [0.1, 0.15) is 23.1 Å². The van der Waals surface area contributed by atoms with Crippen molar-refractivity contribution in [1.29, 1.82) is 0 Å². The molecule has 0 spiro atoms. The standard InChI is InChI=1S/C16H20N2O3/c1-20-14-6-5-11(8-15(14)21-2)16(19)13(9-17)12-4-3-7-18-10-12/h3-8,10,13,16,19H,9,17H2,1-2H3. The van der Waals surface area contributed by atoms with Crippen molar-refractivity contribution in [3.8, 4) is 11.5 Å². The number of pyridine rings is 1. The first-order chi connectivity index (χ1) is 10.2. The van der Waals surface area contributed by atoms with Crippen LogP contribution in [-0.4, -0.2) is 30.9 Å². The molecule has 0 bridgehead atoms. The molecule has 2 atom stereocenters. The first-order valence-corrected chi connectivity index (χ1v) is 6.71. The highest BCUT2D eigenvalue weighted by Gasteiger charge is 2.22. The van der Waals surface area contributed by atoms with Crippen LogP contribution in [0.2, 0.25) is 0 Å². The molecule has 2 aromatic rings. The fourth-order valence-electron chi connectivity index (χ4n) is 2.31. The van der Waals surface area contributed by atoms with Crippen LogP contribution in [0.25, 0.3) is 0 Å². The van der Waals surface area contributed by atoms with Gasteiger partial charge in [-0.3, -0.25) is 4.98 Å². The lowest BCUT2D eigenvalue weighted by Gasteiger charge is -2.22. The van der Waals surface area contributed by atoms with Crippen molar-refractivity contribution < 1.29 is 14.6 Å². The number of aromatic nitrogens is 1. The number of aliphatic hydroxyl groups is 1. The van der Waals surface area contributed by atoms with Crippen molar-refractivity contribution in [1.82, 2.24) is 4.98 Å². The summed E-state index contributed by atoms with van der Waals surface area (Å²) in [5, 5.41) is 10.6. The average molecular weight is 288 g/mol. The largest absolute Gasteiger partial charge is 0.493 e. The Morgan fingerprint density at radius 3 is 2.48 bits per heavy atom. The van der Waals surface area contributed by atoms with E-state index in [-0.39, 0.29) is 5.92 Å². The zero-order valence-electron chi connectivity index (χ0n) is 12.2. The lowest BCUT2D eigenvalue weighted by atomic mass is 9.90. The number of aliphatic hydroxyl groups excluding tert-OH is 1. The zero-order chi connectivity index (χ0) is 15.2. The molecule has 5 nitrogen and oxygen atoms in total. The van der Waals surface area contributed by atoms with Gasteiger partial charge in [-0.15, -0.1) is 0 Å². The van der Waals surface area contributed by atoms with Gasteiger partial charge in [0.15, 0.2) is 11.5 Å².